The highest BCUT2D eigenvalue weighted by Gasteiger charge is 2.34. The number of carbonyl (C=O) groups excluding carboxylic acids is 1. The minimum Gasteiger partial charge on any atom is -0.462 e. The number of nitrogens with zero attached hydrogens (tertiary/aromatic N) is 1. The van der Waals surface area contributed by atoms with Crippen LogP contribution in [0.4, 0.5) is 0 Å². The van der Waals surface area contributed by atoms with Gasteiger partial charge in [-0.2, -0.15) is 5.26 Å². The van der Waals surface area contributed by atoms with Gasteiger partial charge in [-0.3, -0.25) is 4.79 Å². The highest BCUT2D eigenvalue weighted by Crippen LogP contribution is 2.23. The van der Waals surface area contributed by atoms with Crippen molar-refractivity contribution in [2.24, 2.45) is 5.41 Å². The van der Waals surface area contributed by atoms with Crippen molar-refractivity contribution in [3.63, 3.8) is 0 Å². The van der Waals surface area contributed by atoms with Gasteiger partial charge in [0.25, 0.3) is 0 Å². The maximum atomic E-state index is 11.4. The Morgan fingerprint density at radius 3 is 2.62 bits per heavy atom. The van der Waals surface area contributed by atoms with E-state index in [0.717, 1.165) is 0 Å². The molecular weight excluding hydrogens is 166 g/mol. The van der Waals surface area contributed by atoms with E-state index < -0.39 is 11.4 Å². The minimum absolute atomic E-state index is 0.190. The van der Waals surface area contributed by atoms with Gasteiger partial charge in [0.1, 0.15) is 0 Å². The summed E-state index contributed by atoms with van der Waals surface area (Å²) in [5.74, 6) is -0.482. The largest absolute Gasteiger partial charge is 0.462 e. The van der Waals surface area contributed by atoms with Crippen LogP contribution in [0.5, 0.6) is 0 Å². The van der Waals surface area contributed by atoms with Crippen molar-refractivity contribution in [1.29, 1.82) is 5.26 Å². The minimum atomic E-state index is -1.09. The Bertz CT molecular complexity index is 240. The average molecular weight is 181 g/mol. The first-order valence-electron chi connectivity index (χ1n) is 4.19. The van der Waals surface area contributed by atoms with Crippen LogP contribution in [0.1, 0.15) is 27.2 Å². The first-order valence-corrected chi connectivity index (χ1v) is 4.19. The Kier molecular flexibility index (Phi) is 4.19. The Balaban J connectivity index is 4.49. The highest BCUT2D eigenvalue weighted by molar-refractivity contribution is 5.79. The van der Waals surface area contributed by atoms with E-state index in [9.17, 15) is 4.79 Å². The summed E-state index contributed by atoms with van der Waals surface area (Å²) < 4.78 is 4.95. The van der Waals surface area contributed by atoms with Crippen molar-refractivity contribution in [3.8, 4) is 6.07 Å². The summed E-state index contributed by atoms with van der Waals surface area (Å²) in [5.41, 5.74) is -1.09. The molecule has 0 unspecified atom stereocenters. The van der Waals surface area contributed by atoms with Gasteiger partial charge in [-0.25, -0.2) is 0 Å². The van der Waals surface area contributed by atoms with Crippen LogP contribution >= 0.6 is 0 Å². The smallest absolute Gasteiger partial charge is 0.326 e. The Hall–Kier alpha value is -1.30. The summed E-state index contributed by atoms with van der Waals surface area (Å²) >= 11 is 0. The third-order valence-electron chi connectivity index (χ3n) is 1.59. The van der Waals surface area contributed by atoms with Gasteiger partial charge in [0, 0.05) is 0 Å². The predicted molar refractivity (Wildman–Crippen MR) is 49.8 cm³/mol. The first kappa shape index (κ1) is 11.7. The molecule has 72 valence electrons. The summed E-state index contributed by atoms with van der Waals surface area (Å²) in [6, 6.07) is 1.94. The van der Waals surface area contributed by atoms with Crippen molar-refractivity contribution >= 4 is 5.97 Å². The summed E-state index contributed by atoms with van der Waals surface area (Å²) in [5, 5.41) is 8.80. The fourth-order valence-corrected chi connectivity index (χ4v) is 0.807. The van der Waals surface area contributed by atoms with E-state index in [2.05, 4.69) is 6.58 Å². The van der Waals surface area contributed by atoms with E-state index >= 15 is 0 Å². The van der Waals surface area contributed by atoms with Gasteiger partial charge in [0.05, 0.1) is 12.2 Å². The van der Waals surface area contributed by atoms with Gasteiger partial charge in [-0.1, -0.05) is 6.08 Å². The van der Waals surface area contributed by atoms with Crippen LogP contribution in [0.2, 0.25) is 0 Å². The van der Waals surface area contributed by atoms with Gasteiger partial charge in [0.15, 0.2) is 5.41 Å². The Morgan fingerprint density at radius 1 is 1.77 bits per heavy atom. The van der Waals surface area contributed by atoms with Crippen LogP contribution in [-0.4, -0.2) is 12.1 Å². The standard InChI is InChI=1S/C10H15NO2/c1-5-6-10(4,7-11)9(12)13-8(2)3/h5,8H,1,6H2,2-4H3/t10-/m1/s1. The molecule has 0 amide bonds. The third-order valence-corrected chi connectivity index (χ3v) is 1.59. The molecule has 3 heteroatoms. The highest BCUT2D eigenvalue weighted by atomic mass is 16.5. The molecule has 0 saturated carbocycles. The van der Waals surface area contributed by atoms with Gasteiger partial charge in [-0.15, -0.1) is 6.58 Å². The quantitative estimate of drug-likeness (QED) is 0.492. The molecule has 0 fully saturated rings. The van der Waals surface area contributed by atoms with Crippen molar-refractivity contribution < 1.29 is 9.53 Å². The zero-order valence-corrected chi connectivity index (χ0v) is 8.33. The SMILES string of the molecule is C=CC[C@](C)(C#N)C(=O)OC(C)C. The first-order chi connectivity index (χ1) is 5.96. The van der Waals surface area contributed by atoms with E-state index in [0.29, 0.717) is 6.42 Å². The molecule has 0 spiro atoms. The number of rotatable bonds is 4. The van der Waals surface area contributed by atoms with Gasteiger partial charge in [0.2, 0.25) is 0 Å². The molecule has 13 heavy (non-hydrogen) atoms. The molecule has 0 aliphatic carbocycles. The molecule has 0 heterocycles. The summed E-state index contributed by atoms with van der Waals surface area (Å²) in [4.78, 5) is 11.4. The molecule has 0 aliphatic rings. The van der Waals surface area contributed by atoms with Crippen molar-refractivity contribution in [1.82, 2.24) is 0 Å². The van der Waals surface area contributed by atoms with Crippen molar-refractivity contribution in [3.05, 3.63) is 12.7 Å². The normalized spacial score (nSPS) is 14.4. The van der Waals surface area contributed by atoms with Crippen molar-refractivity contribution in [2.75, 3.05) is 0 Å². The molecule has 0 rings (SSSR count). The second kappa shape index (κ2) is 4.66. The van der Waals surface area contributed by atoms with Crippen LogP contribution in [0.15, 0.2) is 12.7 Å². The number of esters is 1. The lowest BCUT2D eigenvalue weighted by Crippen LogP contribution is -2.29. The van der Waals surface area contributed by atoms with Crippen LogP contribution in [-0.2, 0) is 9.53 Å². The van der Waals surface area contributed by atoms with Crippen LogP contribution in [0.25, 0.3) is 0 Å². The summed E-state index contributed by atoms with van der Waals surface area (Å²) in [6.07, 6.45) is 1.67. The summed E-state index contributed by atoms with van der Waals surface area (Å²) in [6.45, 7) is 8.56. The maximum absolute atomic E-state index is 11.4. The molecule has 0 bridgehead atoms. The van der Waals surface area contributed by atoms with E-state index in [1.807, 2.05) is 6.07 Å². The van der Waals surface area contributed by atoms with Crippen LogP contribution in [0, 0.1) is 16.7 Å². The van der Waals surface area contributed by atoms with Crippen molar-refractivity contribution in [2.45, 2.75) is 33.3 Å². The van der Waals surface area contributed by atoms with E-state index in [-0.39, 0.29) is 6.10 Å². The van der Waals surface area contributed by atoms with E-state index in [1.54, 1.807) is 26.8 Å². The van der Waals surface area contributed by atoms with E-state index in [1.165, 1.54) is 0 Å². The molecular formula is C10H15NO2. The number of hydrogen-bond acceptors (Lipinski definition) is 3. The zero-order valence-electron chi connectivity index (χ0n) is 8.33. The van der Waals surface area contributed by atoms with Crippen LogP contribution in [0.3, 0.4) is 0 Å². The molecule has 0 aromatic rings. The van der Waals surface area contributed by atoms with Gasteiger partial charge >= 0.3 is 5.97 Å². The fraction of sp³-hybridized carbons (Fsp3) is 0.600. The molecule has 0 radical (unpaired) electrons. The topological polar surface area (TPSA) is 50.1 Å². The fourth-order valence-electron chi connectivity index (χ4n) is 0.807. The number of hydrogen-bond donors (Lipinski definition) is 0. The monoisotopic (exact) mass is 181 g/mol. The number of carbonyl (C=O) groups is 1. The molecule has 1 atom stereocenters. The number of allylic oxidation sites excluding steroid dienone is 1. The lowest BCUT2D eigenvalue weighted by molar-refractivity contribution is -0.155. The molecule has 0 aromatic heterocycles. The predicted octanol–water partition coefficient (Wildman–Crippen LogP) is 2.04. The van der Waals surface area contributed by atoms with Gasteiger partial charge in [-0.05, 0) is 27.2 Å². The summed E-state index contributed by atoms with van der Waals surface area (Å²) in [7, 11) is 0. The molecule has 0 aliphatic heterocycles. The third kappa shape index (κ3) is 3.29. The zero-order chi connectivity index (χ0) is 10.5. The molecule has 0 aromatic carbocycles. The Morgan fingerprint density at radius 2 is 2.31 bits per heavy atom. The van der Waals surface area contributed by atoms with E-state index in [4.69, 9.17) is 10.00 Å². The average Bonchev–Trinajstić information content (AvgIpc) is 2.03. The van der Waals surface area contributed by atoms with Gasteiger partial charge < -0.3 is 4.74 Å². The lowest BCUT2D eigenvalue weighted by Gasteiger charge is -2.19. The molecule has 0 N–H and O–H groups in total. The molecule has 0 saturated heterocycles. The lowest BCUT2D eigenvalue weighted by atomic mass is 9.89. The number of nitriles is 1. The number of ether oxygens (including phenoxy) is 1. The maximum Gasteiger partial charge on any atom is 0.326 e. The van der Waals surface area contributed by atoms with Crippen LogP contribution < -0.4 is 0 Å². The second-order valence-corrected chi connectivity index (χ2v) is 3.39. The second-order valence-electron chi connectivity index (χ2n) is 3.39. The Labute approximate surface area is 79.0 Å². The molecule has 3 nitrogen and oxygen atoms in total.